The first kappa shape index (κ1) is 15.0. The Labute approximate surface area is 128 Å². The van der Waals surface area contributed by atoms with Gasteiger partial charge in [-0.2, -0.15) is 5.26 Å². The third-order valence-corrected chi connectivity index (χ3v) is 3.50. The van der Waals surface area contributed by atoms with Crippen LogP contribution < -0.4 is 10.1 Å². The van der Waals surface area contributed by atoms with Gasteiger partial charge >= 0.3 is 0 Å². The second-order valence-corrected chi connectivity index (χ2v) is 5.00. The molecule has 4 nitrogen and oxygen atoms in total. The van der Waals surface area contributed by atoms with Gasteiger partial charge in [0.05, 0.1) is 35.5 Å². The number of ether oxygens (including phenoxy) is 1. The number of phenols is 1. The molecule has 0 aromatic heterocycles. The van der Waals surface area contributed by atoms with Crippen LogP contribution in [0.25, 0.3) is 0 Å². The molecule has 0 spiro atoms. The Kier molecular flexibility index (Phi) is 4.56. The Morgan fingerprint density at radius 3 is 2.67 bits per heavy atom. The third kappa shape index (κ3) is 3.39. The Hall–Kier alpha value is -2.38. The van der Waals surface area contributed by atoms with Gasteiger partial charge in [-0.1, -0.05) is 11.6 Å². The van der Waals surface area contributed by atoms with Crippen molar-refractivity contribution in [2.45, 2.75) is 13.0 Å². The topological polar surface area (TPSA) is 65.3 Å². The van der Waals surface area contributed by atoms with Crippen LogP contribution in [0.15, 0.2) is 36.4 Å². The number of nitriles is 1. The molecule has 0 saturated carbocycles. The number of nitrogens with zero attached hydrogens (tertiary/aromatic N) is 1. The van der Waals surface area contributed by atoms with Crippen molar-refractivity contribution in [1.29, 1.82) is 5.26 Å². The molecule has 2 aromatic rings. The lowest BCUT2D eigenvalue weighted by molar-refractivity contribution is 0.406. The van der Waals surface area contributed by atoms with Gasteiger partial charge in [-0.15, -0.1) is 0 Å². The van der Waals surface area contributed by atoms with Gasteiger partial charge in [-0.05, 0) is 37.3 Å². The fourth-order valence-electron chi connectivity index (χ4n) is 2.03. The average Bonchev–Trinajstić information content (AvgIpc) is 2.49. The molecule has 1 unspecified atom stereocenters. The summed E-state index contributed by atoms with van der Waals surface area (Å²) in [6.07, 6.45) is 0. The molecule has 2 N–H and O–H groups in total. The number of phenolic OH excluding ortho intramolecular Hbond substituents is 1. The molecular weight excluding hydrogens is 288 g/mol. The Bertz CT molecular complexity index is 695. The normalized spacial score (nSPS) is 11.5. The smallest absolute Gasteiger partial charge is 0.124 e. The van der Waals surface area contributed by atoms with E-state index < -0.39 is 0 Å². The first-order valence-corrected chi connectivity index (χ1v) is 6.76. The molecule has 0 fully saturated rings. The maximum atomic E-state index is 10.0. The predicted molar refractivity (Wildman–Crippen MR) is 82.9 cm³/mol. The number of halogens is 1. The summed E-state index contributed by atoms with van der Waals surface area (Å²) >= 11 is 6.12. The van der Waals surface area contributed by atoms with Gasteiger partial charge in [0, 0.05) is 11.6 Å². The van der Waals surface area contributed by atoms with Crippen molar-refractivity contribution >= 4 is 17.3 Å². The lowest BCUT2D eigenvalue weighted by Gasteiger charge is -2.18. The molecule has 0 heterocycles. The summed E-state index contributed by atoms with van der Waals surface area (Å²) in [7, 11) is 1.54. The highest BCUT2D eigenvalue weighted by Crippen LogP contribution is 2.32. The highest BCUT2D eigenvalue weighted by molar-refractivity contribution is 6.33. The van der Waals surface area contributed by atoms with Crippen LogP contribution in [0.1, 0.15) is 24.1 Å². The second-order valence-electron chi connectivity index (χ2n) is 4.60. The van der Waals surface area contributed by atoms with Crippen molar-refractivity contribution in [3.05, 3.63) is 52.5 Å². The van der Waals surface area contributed by atoms with Gasteiger partial charge in [0.25, 0.3) is 0 Å². The molecule has 0 aliphatic heterocycles. The number of hydrogen-bond donors (Lipinski definition) is 2. The molecule has 0 saturated heterocycles. The molecule has 0 aliphatic rings. The van der Waals surface area contributed by atoms with E-state index in [1.807, 2.05) is 6.92 Å². The summed E-state index contributed by atoms with van der Waals surface area (Å²) in [6, 6.07) is 12.0. The van der Waals surface area contributed by atoms with E-state index in [9.17, 15) is 5.11 Å². The van der Waals surface area contributed by atoms with Crippen LogP contribution in [0.4, 0.5) is 5.69 Å². The van der Waals surface area contributed by atoms with Crippen LogP contribution in [0, 0.1) is 11.3 Å². The first-order valence-electron chi connectivity index (χ1n) is 6.38. The van der Waals surface area contributed by atoms with E-state index in [-0.39, 0.29) is 11.8 Å². The fourth-order valence-corrected chi connectivity index (χ4v) is 2.21. The molecule has 5 heteroatoms. The van der Waals surface area contributed by atoms with Crippen LogP contribution in [0.5, 0.6) is 11.5 Å². The standard InChI is InChI=1S/C16H15ClN2O2/c1-10(13-5-4-12(21-2)8-16(13)20)19-15-7-11(9-18)3-6-14(15)17/h3-8,10,19-20H,1-2H3. The molecule has 2 aromatic carbocycles. The summed E-state index contributed by atoms with van der Waals surface area (Å²) < 4.78 is 5.06. The molecule has 21 heavy (non-hydrogen) atoms. The Morgan fingerprint density at radius 1 is 1.29 bits per heavy atom. The molecule has 0 bridgehead atoms. The lowest BCUT2D eigenvalue weighted by atomic mass is 10.1. The van der Waals surface area contributed by atoms with Crippen LogP contribution in [-0.2, 0) is 0 Å². The monoisotopic (exact) mass is 302 g/mol. The van der Waals surface area contributed by atoms with Crippen LogP contribution >= 0.6 is 11.6 Å². The van der Waals surface area contributed by atoms with Crippen molar-refractivity contribution in [3.63, 3.8) is 0 Å². The van der Waals surface area contributed by atoms with Crippen molar-refractivity contribution < 1.29 is 9.84 Å². The van der Waals surface area contributed by atoms with E-state index in [0.717, 1.165) is 0 Å². The predicted octanol–water partition coefficient (Wildman–Crippen LogP) is 4.10. The van der Waals surface area contributed by atoms with Crippen molar-refractivity contribution in [3.8, 4) is 17.6 Å². The highest BCUT2D eigenvalue weighted by atomic mass is 35.5. The molecule has 0 aliphatic carbocycles. The summed E-state index contributed by atoms with van der Waals surface area (Å²) in [5.74, 6) is 0.731. The number of nitrogens with one attached hydrogen (secondary N) is 1. The number of methoxy groups -OCH3 is 1. The largest absolute Gasteiger partial charge is 0.507 e. The van der Waals surface area contributed by atoms with Gasteiger partial charge in [-0.3, -0.25) is 0 Å². The van der Waals surface area contributed by atoms with Crippen LogP contribution in [0.3, 0.4) is 0 Å². The zero-order chi connectivity index (χ0) is 15.4. The van der Waals surface area contributed by atoms with E-state index in [0.29, 0.717) is 27.6 Å². The molecule has 1 atom stereocenters. The number of aromatic hydroxyl groups is 1. The zero-order valence-electron chi connectivity index (χ0n) is 11.7. The van der Waals surface area contributed by atoms with Crippen LogP contribution in [-0.4, -0.2) is 12.2 Å². The Balaban J connectivity index is 2.26. The quantitative estimate of drug-likeness (QED) is 0.892. The molecule has 2 rings (SSSR count). The number of benzene rings is 2. The summed E-state index contributed by atoms with van der Waals surface area (Å²) in [5.41, 5.74) is 1.89. The van der Waals surface area contributed by atoms with Crippen molar-refractivity contribution in [2.24, 2.45) is 0 Å². The van der Waals surface area contributed by atoms with E-state index >= 15 is 0 Å². The van der Waals surface area contributed by atoms with Gasteiger partial charge in [-0.25, -0.2) is 0 Å². The van der Waals surface area contributed by atoms with Gasteiger partial charge in [0.15, 0.2) is 0 Å². The minimum atomic E-state index is -0.178. The maximum absolute atomic E-state index is 10.0. The van der Waals surface area contributed by atoms with Crippen LogP contribution in [0.2, 0.25) is 5.02 Å². The van der Waals surface area contributed by atoms with E-state index in [1.54, 1.807) is 43.5 Å². The highest BCUT2D eigenvalue weighted by Gasteiger charge is 2.13. The van der Waals surface area contributed by atoms with E-state index in [2.05, 4.69) is 11.4 Å². The number of anilines is 1. The van der Waals surface area contributed by atoms with Crippen molar-refractivity contribution in [2.75, 3.05) is 12.4 Å². The molecule has 0 amide bonds. The maximum Gasteiger partial charge on any atom is 0.124 e. The number of rotatable bonds is 4. The minimum Gasteiger partial charge on any atom is -0.507 e. The van der Waals surface area contributed by atoms with Gasteiger partial charge < -0.3 is 15.2 Å². The SMILES string of the molecule is COc1ccc(C(C)Nc2cc(C#N)ccc2Cl)c(O)c1. The average molecular weight is 303 g/mol. The van der Waals surface area contributed by atoms with E-state index in [1.165, 1.54) is 0 Å². The van der Waals surface area contributed by atoms with Gasteiger partial charge in [0.1, 0.15) is 11.5 Å². The zero-order valence-corrected chi connectivity index (χ0v) is 12.5. The number of hydrogen-bond acceptors (Lipinski definition) is 4. The third-order valence-electron chi connectivity index (χ3n) is 3.17. The summed E-state index contributed by atoms with van der Waals surface area (Å²) in [5, 5.41) is 22.7. The molecule has 108 valence electrons. The minimum absolute atomic E-state index is 0.141. The molecular formula is C16H15ClN2O2. The van der Waals surface area contributed by atoms with Crippen molar-refractivity contribution in [1.82, 2.24) is 0 Å². The second kappa shape index (κ2) is 6.38. The summed E-state index contributed by atoms with van der Waals surface area (Å²) in [6.45, 7) is 1.90. The lowest BCUT2D eigenvalue weighted by Crippen LogP contribution is -2.07. The van der Waals surface area contributed by atoms with E-state index in [4.69, 9.17) is 21.6 Å². The Morgan fingerprint density at radius 2 is 2.05 bits per heavy atom. The fraction of sp³-hybridized carbons (Fsp3) is 0.188. The first-order chi connectivity index (χ1) is 10.0. The van der Waals surface area contributed by atoms with Gasteiger partial charge in [0.2, 0.25) is 0 Å². The summed E-state index contributed by atoms with van der Waals surface area (Å²) in [4.78, 5) is 0. The molecule has 0 radical (unpaired) electrons.